The van der Waals surface area contributed by atoms with Crippen molar-refractivity contribution in [1.82, 2.24) is 4.90 Å². The first-order valence-corrected chi connectivity index (χ1v) is 5.09. The Morgan fingerprint density at radius 2 is 1.89 bits per heavy atom. The van der Waals surface area contributed by atoms with Crippen LogP contribution >= 0.6 is 0 Å². The number of anilines is 1. The third-order valence-electron chi connectivity index (χ3n) is 2.18. The average Bonchev–Trinajstić information content (AvgIpc) is 2.38. The lowest BCUT2D eigenvalue weighted by molar-refractivity contribution is -0.116. The number of carbonyl (C=O) groups excluding carboxylic acids is 2. The summed E-state index contributed by atoms with van der Waals surface area (Å²) in [7, 11) is 2.42. The number of methoxy groups -OCH3 is 1. The Hall–Kier alpha value is -2.25. The molecule has 0 heterocycles. The quantitative estimate of drug-likeness (QED) is 0.855. The Kier molecular flexibility index (Phi) is 4.74. The van der Waals surface area contributed by atoms with Crippen LogP contribution in [0.25, 0.3) is 0 Å². The zero-order chi connectivity index (χ0) is 14.6. The number of nitrogens with one attached hydrogen (secondary N) is 1. The smallest absolute Gasteiger partial charge is 0.409 e. The van der Waals surface area contributed by atoms with Crippen LogP contribution < -0.4 is 5.32 Å². The predicted molar refractivity (Wildman–Crippen MR) is 60.0 cm³/mol. The van der Waals surface area contributed by atoms with Crippen molar-refractivity contribution in [2.24, 2.45) is 0 Å². The fraction of sp³-hybridized carbons (Fsp3) is 0.273. The molecule has 0 bridgehead atoms. The van der Waals surface area contributed by atoms with Crippen LogP contribution in [0.1, 0.15) is 0 Å². The minimum atomic E-state index is -1.68. The molecule has 1 N–H and O–H groups in total. The van der Waals surface area contributed by atoms with E-state index in [2.05, 4.69) is 4.74 Å². The maximum Gasteiger partial charge on any atom is 0.409 e. The van der Waals surface area contributed by atoms with Crippen molar-refractivity contribution >= 4 is 17.7 Å². The molecule has 0 fully saturated rings. The molecule has 1 aromatic rings. The number of carbonyl (C=O) groups is 2. The summed E-state index contributed by atoms with van der Waals surface area (Å²) in [6.45, 7) is -0.425. The van der Waals surface area contributed by atoms with E-state index >= 15 is 0 Å². The molecule has 0 aliphatic heterocycles. The first kappa shape index (κ1) is 14.8. The third kappa shape index (κ3) is 3.60. The number of rotatable bonds is 3. The van der Waals surface area contributed by atoms with Crippen molar-refractivity contribution in [3.05, 3.63) is 29.6 Å². The standard InChI is InChI=1S/C11H11F3N2O3/c1-16(11(18)19-2)5-8(17)15-7-4-3-6(12)9(13)10(7)14/h3-4H,5H2,1-2H3,(H,15,17). The number of nitrogens with zero attached hydrogens (tertiary/aromatic N) is 1. The highest BCUT2D eigenvalue weighted by Gasteiger charge is 2.17. The molecular weight excluding hydrogens is 265 g/mol. The van der Waals surface area contributed by atoms with Crippen molar-refractivity contribution in [3.8, 4) is 0 Å². The molecule has 0 radical (unpaired) electrons. The van der Waals surface area contributed by atoms with E-state index < -0.39 is 41.7 Å². The van der Waals surface area contributed by atoms with E-state index in [1.54, 1.807) is 0 Å². The van der Waals surface area contributed by atoms with Gasteiger partial charge >= 0.3 is 6.09 Å². The maximum atomic E-state index is 13.3. The molecule has 0 aliphatic rings. The molecule has 0 atom stereocenters. The van der Waals surface area contributed by atoms with E-state index in [9.17, 15) is 22.8 Å². The van der Waals surface area contributed by atoms with E-state index in [4.69, 9.17) is 0 Å². The molecule has 1 rings (SSSR count). The Bertz CT molecular complexity index is 508. The first-order chi connectivity index (χ1) is 8.86. The van der Waals surface area contributed by atoms with Gasteiger partial charge in [-0.05, 0) is 12.1 Å². The second kappa shape index (κ2) is 6.07. The summed E-state index contributed by atoms with van der Waals surface area (Å²) in [5, 5.41) is 2.02. The number of likely N-dealkylation sites (N-methyl/N-ethyl adjacent to an activating group) is 1. The molecule has 0 unspecified atom stereocenters. The van der Waals surface area contributed by atoms with Gasteiger partial charge < -0.3 is 15.0 Å². The van der Waals surface area contributed by atoms with Gasteiger partial charge in [0.1, 0.15) is 6.54 Å². The van der Waals surface area contributed by atoms with Gasteiger partial charge in [0, 0.05) is 7.05 Å². The second-order valence-electron chi connectivity index (χ2n) is 3.60. The van der Waals surface area contributed by atoms with Crippen LogP contribution in [-0.4, -0.2) is 37.6 Å². The predicted octanol–water partition coefficient (Wildman–Crippen LogP) is 1.74. The number of ether oxygens (including phenoxy) is 1. The fourth-order valence-electron chi connectivity index (χ4n) is 1.25. The Labute approximate surface area is 106 Å². The highest BCUT2D eigenvalue weighted by molar-refractivity contribution is 5.93. The zero-order valence-corrected chi connectivity index (χ0v) is 10.2. The maximum absolute atomic E-state index is 13.3. The Morgan fingerprint density at radius 1 is 1.26 bits per heavy atom. The molecule has 0 saturated carbocycles. The van der Waals surface area contributed by atoms with E-state index in [1.807, 2.05) is 5.32 Å². The monoisotopic (exact) mass is 276 g/mol. The number of amides is 2. The molecule has 0 aliphatic carbocycles. The number of hydrogen-bond donors (Lipinski definition) is 1. The van der Waals surface area contributed by atoms with Crippen molar-refractivity contribution in [2.45, 2.75) is 0 Å². The molecule has 2 amide bonds. The molecule has 19 heavy (non-hydrogen) atoms. The Balaban J connectivity index is 2.73. The highest BCUT2D eigenvalue weighted by atomic mass is 19.2. The molecule has 5 nitrogen and oxygen atoms in total. The van der Waals surface area contributed by atoms with Gasteiger partial charge in [0.15, 0.2) is 17.5 Å². The van der Waals surface area contributed by atoms with Crippen molar-refractivity contribution in [2.75, 3.05) is 26.0 Å². The molecule has 8 heteroatoms. The summed E-state index contributed by atoms with van der Waals surface area (Å²) in [4.78, 5) is 23.4. The third-order valence-corrected chi connectivity index (χ3v) is 2.18. The van der Waals surface area contributed by atoms with E-state index in [-0.39, 0.29) is 0 Å². The van der Waals surface area contributed by atoms with Crippen molar-refractivity contribution in [3.63, 3.8) is 0 Å². The van der Waals surface area contributed by atoms with Gasteiger partial charge in [-0.25, -0.2) is 18.0 Å². The number of halogens is 3. The lowest BCUT2D eigenvalue weighted by atomic mass is 10.2. The van der Waals surface area contributed by atoms with E-state index in [0.717, 1.165) is 18.1 Å². The lowest BCUT2D eigenvalue weighted by Gasteiger charge is -2.15. The molecular formula is C11H11F3N2O3. The van der Waals surface area contributed by atoms with Gasteiger partial charge in [0.2, 0.25) is 5.91 Å². The van der Waals surface area contributed by atoms with Crippen LogP contribution in [0.4, 0.5) is 23.7 Å². The van der Waals surface area contributed by atoms with Crippen molar-refractivity contribution < 1.29 is 27.5 Å². The van der Waals surface area contributed by atoms with Gasteiger partial charge in [-0.3, -0.25) is 4.79 Å². The second-order valence-corrected chi connectivity index (χ2v) is 3.60. The summed E-state index contributed by atoms with van der Waals surface area (Å²) in [5.41, 5.74) is -0.512. The minimum absolute atomic E-state index is 0.425. The van der Waals surface area contributed by atoms with Crippen LogP contribution in [-0.2, 0) is 9.53 Å². The van der Waals surface area contributed by atoms with E-state index in [1.165, 1.54) is 7.05 Å². The Morgan fingerprint density at radius 3 is 2.47 bits per heavy atom. The molecule has 0 spiro atoms. The largest absolute Gasteiger partial charge is 0.453 e. The van der Waals surface area contributed by atoms with Crippen LogP contribution in [0.2, 0.25) is 0 Å². The first-order valence-electron chi connectivity index (χ1n) is 5.09. The summed E-state index contributed by atoms with van der Waals surface area (Å²) in [6.07, 6.45) is -0.763. The topological polar surface area (TPSA) is 58.6 Å². The fourth-order valence-corrected chi connectivity index (χ4v) is 1.25. The minimum Gasteiger partial charge on any atom is -0.453 e. The highest BCUT2D eigenvalue weighted by Crippen LogP contribution is 2.19. The van der Waals surface area contributed by atoms with Crippen molar-refractivity contribution in [1.29, 1.82) is 0 Å². The number of hydrogen-bond acceptors (Lipinski definition) is 3. The summed E-state index contributed by atoms with van der Waals surface area (Å²) in [6, 6.07) is 1.56. The molecule has 1 aromatic carbocycles. The zero-order valence-electron chi connectivity index (χ0n) is 10.2. The van der Waals surface area contributed by atoms with Gasteiger partial charge in [0.05, 0.1) is 12.8 Å². The SMILES string of the molecule is COC(=O)N(C)CC(=O)Nc1ccc(F)c(F)c1F. The van der Waals surface area contributed by atoms with Gasteiger partial charge in [0.25, 0.3) is 0 Å². The normalized spacial score (nSPS) is 9.95. The van der Waals surface area contributed by atoms with Crippen LogP contribution in [0.3, 0.4) is 0 Å². The van der Waals surface area contributed by atoms with Gasteiger partial charge in [-0.1, -0.05) is 0 Å². The average molecular weight is 276 g/mol. The lowest BCUT2D eigenvalue weighted by Crippen LogP contribution is -2.34. The molecule has 0 saturated heterocycles. The summed E-state index contributed by atoms with van der Waals surface area (Å²) < 4.78 is 43.2. The van der Waals surface area contributed by atoms with Gasteiger partial charge in [-0.15, -0.1) is 0 Å². The van der Waals surface area contributed by atoms with Crippen LogP contribution in [0.5, 0.6) is 0 Å². The molecule has 104 valence electrons. The van der Waals surface area contributed by atoms with E-state index in [0.29, 0.717) is 6.07 Å². The van der Waals surface area contributed by atoms with Gasteiger partial charge in [-0.2, -0.15) is 0 Å². The summed E-state index contributed by atoms with van der Waals surface area (Å²) >= 11 is 0. The van der Waals surface area contributed by atoms with Crippen LogP contribution in [0, 0.1) is 17.5 Å². The van der Waals surface area contributed by atoms with Crippen LogP contribution in [0.15, 0.2) is 12.1 Å². The summed E-state index contributed by atoms with van der Waals surface area (Å²) in [5.74, 6) is -5.33. The molecule has 0 aromatic heterocycles. The number of benzene rings is 1.